The number of carbonyl (C=O) groups is 1. The average Bonchev–Trinajstić information content (AvgIpc) is 3.00. The summed E-state index contributed by atoms with van der Waals surface area (Å²) in [4.78, 5) is 18.5. The minimum Gasteiger partial charge on any atom is -0.338 e. The van der Waals surface area contributed by atoms with Gasteiger partial charge in [0, 0.05) is 44.0 Å². The van der Waals surface area contributed by atoms with Crippen LogP contribution in [-0.2, 0) is 11.8 Å². The first kappa shape index (κ1) is 14.6. The van der Waals surface area contributed by atoms with Crippen molar-refractivity contribution >= 4 is 12.0 Å². The van der Waals surface area contributed by atoms with Gasteiger partial charge in [-0.25, -0.2) is 4.98 Å². The molecule has 3 rings (SSSR count). The number of hydrogen-bond acceptors (Lipinski definition) is 2. The van der Waals surface area contributed by atoms with Crippen LogP contribution in [0.2, 0.25) is 0 Å². The lowest BCUT2D eigenvalue weighted by molar-refractivity contribution is -0.127. The van der Waals surface area contributed by atoms with Crippen LogP contribution in [0.4, 0.5) is 0 Å². The van der Waals surface area contributed by atoms with E-state index in [0.29, 0.717) is 5.92 Å². The predicted molar refractivity (Wildman–Crippen MR) is 87.2 cm³/mol. The number of aryl methyl sites for hydroxylation is 1. The molecule has 1 amide bonds. The molecule has 2 aromatic rings. The first-order valence-electron chi connectivity index (χ1n) is 7.72. The molecule has 0 bridgehead atoms. The predicted octanol–water partition coefficient (Wildman–Crippen LogP) is 2.84. The second-order valence-corrected chi connectivity index (χ2v) is 5.80. The Kier molecular flexibility index (Phi) is 4.37. The molecule has 0 aliphatic carbocycles. The minimum atomic E-state index is 0.0933. The molecule has 4 nitrogen and oxygen atoms in total. The third-order valence-electron chi connectivity index (χ3n) is 4.22. The van der Waals surface area contributed by atoms with E-state index in [1.807, 2.05) is 60.9 Å². The Morgan fingerprint density at radius 3 is 2.86 bits per heavy atom. The van der Waals surface area contributed by atoms with Crippen molar-refractivity contribution in [3.63, 3.8) is 0 Å². The lowest BCUT2D eigenvalue weighted by Crippen LogP contribution is -2.38. The zero-order valence-corrected chi connectivity index (χ0v) is 12.9. The monoisotopic (exact) mass is 295 g/mol. The van der Waals surface area contributed by atoms with Crippen LogP contribution < -0.4 is 0 Å². The van der Waals surface area contributed by atoms with Gasteiger partial charge in [-0.05, 0) is 24.5 Å². The Morgan fingerprint density at radius 2 is 2.14 bits per heavy atom. The van der Waals surface area contributed by atoms with Crippen LogP contribution in [0.3, 0.4) is 0 Å². The first-order chi connectivity index (χ1) is 10.7. The van der Waals surface area contributed by atoms with Crippen molar-refractivity contribution in [1.29, 1.82) is 0 Å². The molecule has 1 aromatic carbocycles. The van der Waals surface area contributed by atoms with Gasteiger partial charge in [0.25, 0.3) is 0 Å². The molecule has 4 heteroatoms. The summed E-state index contributed by atoms with van der Waals surface area (Å²) in [6.07, 6.45) is 9.47. The second-order valence-electron chi connectivity index (χ2n) is 5.80. The molecule has 114 valence electrons. The molecule has 1 unspecified atom stereocenters. The highest BCUT2D eigenvalue weighted by Gasteiger charge is 2.25. The van der Waals surface area contributed by atoms with Gasteiger partial charge >= 0.3 is 0 Å². The summed E-state index contributed by atoms with van der Waals surface area (Å²) in [7, 11) is 2.01. The van der Waals surface area contributed by atoms with E-state index < -0.39 is 0 Å². The fraction of sp³-hybridized carbons (Fsp3) is 0.333. The smallest absolute Gasteiger partial charge is 0.246 e. The lowest BCUT2D eigenvalue weighted by atomic mass is 9.95. The Labute approximate surface area is 131 Å². The summed E-state index contributed by atoms with van der Waals surface area (Å²) in [6.45, 7) is 1.61. The van der Waals surface area contributed by atoms with Gasteiger partial charge < -0.3 is 9.47 Å². The van der Waals surface area contributed by atoms with E-state index in [9.17, 15) is 4.79 Å². The van der Waals surface area contributed by atoms with E-state index >= 15 is 0 Å². The van der Waals surface area contributed by atoms with Crippen molar-refractivity contribution in [2.45, 2.75) is 18.8 Å². The molecule has 1 aromatic heterocycles. The zero-order chi connectivity index (χ0) is 15.4. The molecule has 1 fully saturated rings. The maximum atomic E-state index is 12.4. The van der Waals surface area contributed by atoms with E-state index in [1.165, 1.54) is 5.69 Å². The Balaban J connectivity index is 1.66. The van der Waals surface area contributed by atoms with Crippen LogP contribution in [0.5, 0.6) is 0 Å². The summed E-state index contributed by atoms with van der Waals surface area (Å²) in [6, 6.07) is 9.92. The molecule has 0 spiro atoms. The quantitative estimate of drug-likeness (QED) is 0.817. The van der Waals surface area contributed by atoms with Crippen LogP contribution >= 0.6 is 0 Å². The number of imidazole rings is 1. The number of likely N-dealkylation sites (tertiary alicyclic amines) is 1. The molecule has 0 saturated carbocycles. The van der Waals surface area contributed by atoms with E-state index in [0.717, 1.165) is 31.5 Å². The maximum Gasteiger partial charge on any atom is 0.246 e. The molecular weight excluding hydrogens is 274 g/mol. The van der Waals surface area contributed by atoms with Crippen molar-refractivity contribution in [1.82, 2.24) is 14.5 Å². The number of benzene rings is 1. The molecule has 1 atom stereocenters. The third-order valence-corrected chi connectivity index (χ3v) is 4.22. The number of aromatic nitrogens is 2. The molecule has 0 radical (unpaired) electrons. The number of piperidine rings is 1. The van der Waals surface area contributed by atoms with Gasteiger partial charge in [-0.3, -0.25) is 4.79 Å². The van der Waals surface area contributed by atoms with E-state index in [-0.39, 0.29) is 5.91 Å². The highest BCUT2D eigenvalue weighted by Crippen LogP contribution is 2.26. The fourth-order valence-electron chi connectivity index (χ4n) is 3.02. The Morgan fingerprint density at radius 1 is 1.32 bits per heavy atom. The van der Waals surface area contributed by atoms with Crippen LogP contribution in [0, 0.1) is 0 Å². The largest absolute Gasteiger partial charge is 0.338 e. The topological polar surface area (TPSA) is 38.1 Å². The molecule has 0 N–H and O–H groups in total. The second kappa shape index (κ2) is 6.60. The van der Waals surface area contributed by atoms with E-state index in [2.05, 4.69) is 9.55 Å². The minimum absolute atomic E-state index is 0.0933. The third kappa shape index (κ3) is 3.27. The Bertz CT molecular complexity index is 660. The highest BCUT2D eigenvalue weighted by molar-refractivity contribution is 5.91. The normalized spacial score (nSPS) is 18.8. The fourth-order valence-corrected chi connectivity index (χ4v) is 3.02. The SMILES string of the molecule is Cn1cncc1C1CCCN(C(=O)/C=C/c2ccccc2)C1. The Hall–Kier alpha value is -2.36. The number of hydrogen-bond donors (Lipinski definition) is 0. The molecule has 2 heterocycles. The van der Waals surface area contributed by atoms with Crippen molar-refractivity contribution in [3.05, 3.63) is 60.2 Å². The summed E-state index contributed by atoms with van der Waals surface area (Å²) in [5.74, 6) is 0.478. The number of rotatable bonds is 3. The molecule has 22 heavy (non-hydrogen) atoms. The lowest BCUT2D eigenvalue weighted by Gasteiger charge is -2.32. The average molecular weight is 295 g/mol. The number of nitrogens with zero attached hydrogens (tertiary/aromatic N) is 3. The molecular formula is C18H21N3O. The summed E-state index contributed by atoms with van der Waals surface area (Å²) >= 11 is 0. The standard InChI is InChI=1S/C18H21N3O/c1-20-14-19-12-17(20)16-8-5-11-21(13-16)18(22)10-9-15-6-3-2-4-7-15/h2-4,6-7,9-10,12,14,16H,5,8,11,13H2,1H3/b10-9+. The van der Waals surface area contributed by atoms with Crippen LogP contribution in [0.25, 0.3) is 6.08 Å². The molecule has 1 aliphatic rings. The van der Waals surface area contributed by atoms with Gasteiger partial charge in [-0.15, -0.1) is 0 Å². The van der Waals surface area contributed by atoms with Crippen molar-refractivity contribution < 1.29 is 4.79 Å². The maximum absolute atomic E-state index is 12.4. The first-order valence-corrected chi connectivity index (χ1v) is 7.72. The van der Waals surface area contributed by atoms with Crippen LogP contribution in [0.15, 0.2) is 48.9 Å². The highest BCUT2D eigenvalue weighted by atomic mass is 16.2. The summed E-state index contributed by atoms with van der Waals surface area (Å²) < 4.78 is 2.05. The number of carbonyl (C=O) groups excluding carboxylic acids is 1. The van der Waals surface area contributed by atoms with Crippen LogP contribution in [0.1, 0.15) is 30.0 Å². The summed E-state index contributed by atoms with van der Waals surface area (Å²) in [5, 5.41) is 0. The van der Waals surface area contributed by atoms with Gasteiger partial charge in [0.1, 0.15) is 0 Å². The molecule has 1 aliphatic heterocycles. The van der Waals surface area contributed by atoms with Crippen molar-refractivity contribution in [2.24, 2.45) is 7.05 Å². The molecule has 1 saturated heterocycles. The number of amides is 1. The van der Waals surface area contributed by atoms with Crippen molar-refractivity contribution in [2.75, 3.05) is 13.1 Å². The van der Waals surface area contributed by atoms with Crippen LogP contribution in [-0.4, -0.2) is 33.4 Å². The van der Waals surface area contributed by atoms with Gasteiger partial charge in [0.05, 0.1) is 6.33 Å². The van der Waals surface area contributed by atoms with E-state index in [1.54, 1.807) is 6.08 Å². The van der Waals surface area contributed by atoms with Gasteiger partial charge in [0.2, 0.25) is 5.91 Å². The van der Waals surface area contributed by atoms with Gasteiger partial charge in [-0.2, -0.15) is 0 Å². The van der Waals surface area contributed by atoms with E-state index in [4.69, 9.17) is 0 Å². The van der Waals surface area contributed by atoms with Gasteiger partial charge in [0.15, 0.2) is 0 Å². The zero-order valence-electron chi connectivity index (χ0n) is 12.9. The summed E-state index contributed by atoms with van der Waals surface area (Å²) in [5.41, 5.74) is 2.26. The van der Waals surface area contributed by atoms with Crippen molar-refractivity contribution in [3.8, 4) is 0 Å². The van der Waals surface area contributed by atoms with Gasteiger partial charge in [-0.1, -0.05) is 30.3 Å².